The van der Waals surface area contributed by atoms with Gasteiger partial charge in [0.1, 0.15) is 5.78 Å². The summed E-state index contributed by atoms with van der Waals surface area (Å²) in [5.74, 6) is 0.367. The number of nitrogens with zero attached hydrogens (tertiary/aromatic N) is 1. The lowest BCUT2D eigenvalue weighted by Gasteiger charge is -2.18. The third-order valence-corrected chi connectivity index (χ3v) is 2.81. The van der Waals surface area contributed by atoms with E-state index in [1.54, 1.807) is 0 Å². The van der Waals surface area contributed by atoms with Gasteiger partial charge in [0, 0.05) is 13.9 Å². The summed E-state index contributed by atoms with van der Waals surface area (Å²) < 4.78 is 0. The molecule has 0 bridgehead atoms. The molecule has 0 aromatic rings. The molecule has 84 valence electrons. The molecule has 3 nitrogen and oxygen atoms in total. The summed E-state index contributed by atoms with van der Waals surface area (Å²) in [6.07, 6.45) is 4.37. The molecule has 1 N–H and O–H groups in total. The molecular formula is C11H24N2O. The summed E-state index contributed by atoms with van der Waals surface area (Å²) >= 11 is 0. The Morgan fingerprint density at radius 2 is 2.36 bits per heavy atom. The molecule has 1 atom stereocenters. The lowest BCUT2D eigenvalue weighted by molar-refractivity contribution is -0.116. The van der Waals surface area contributed by atoms with Crippen LogP contribution in [0.3, 0.4) is 0 Å². The number of unbranched alkanes of at least 4 members (excludes halogenated alkanes) is 1. The molecule has 0 aliphatic carbocycles. The molecule has 3 heteroatoms. The minimum Gasteiger partial charge on any atom is -0.307 e. The Hall–Kier alpha value is -0.410. The van der Waals surface area contributed by atoms with Crippen molar-refractivity contribution in [3.05, 3.63) is 0 Å². The number of nitrogens with one attached hydrogen (secondary N) is 1. The van der Waals surface area contributed by atoms with Crippen LogP contribution < -0.4 is 5.32 Å². The lowest BCUT2D eigenvalue weighted by Crippen LogP contribution is -2.28. The molecule has 0 aromatic carbocycles. The van der Waals surface area contributed by atoms with Gasteiger partial charge >= 0.3 is 0 Å². The molecule has 0 spiro atoms. The third-order valence-electron chi connectivity index (χ3n) is 2.81. The van der Waals surface area contributed by atoms with Crippen LogP contribution in [0.1, 0.15) is 34.0 Å². The van der Waals surface area contributed by atoms with Crippen LogP contribution in [0.15, 0.2) is 0 Å². The smallest absolute Gasteiger partial charge is 0.148 e. The zero-order valence-corrected chi connectivity index (χ0v) is 9.38. The molecule has 1 fully saturated rings. The number of Topliss-reactive ketones (excluding diaryl/α,β-unsaturated/α-hetero) is 1. The number of rotatable bonds is 6. The van der Waals surface area contributed by atoms with E-state index in [0.717, 1.165) is 19.4 Å². The Morgan fingerprint density at radius 1 is 1.57 bits per heavy atom. The van der Waals surface area contributed by atoms with Crippen LogP contribution in [-0.4, -0.2) is 43.4 Å². The normalized spacial score (nSPS) is 22.2. The van der Waals surface area contributed by atoms with Crippen LogP contribution in [0.4, 0.5) is 0 Å². The Morgan fingerprint density at radius 3 is 2.93 bits per heavy atom. The lowest BCUT2D eigenvalue weighted by atomic mass is 10.1. The predicted octanol–water partition coefficient (Wildman–Crippen LogP) is 1.29. The van der Waals surface area contributed by atoms with E-state index in [9.17, 15) is 4.79 Å². The Bertz CT molecular complexity index is 187. The van der Waals surface area contributed by atoms with Gasteiger partial charge in [0.2, 0.25) is 0 Å². The van der Waals surface area contributed by atoms with Crippen molar-refractivity contribution in [2.24, 2.45) is 0 Å². The van der Waals surface area contributed by atoms with Crippen LogP contribution in [0, 0.1) is 0 Å². The van der Waals surface area contributed by atoms with Crippen LogP contribution in [-0.2, 0) is 4.79 Å². The van der Waals surface area contributed by atoms with E-state index in [2.05, 4.69) is 24.2 Å². The Labute approximate surface area is 88.3 Å². The number of carbonyl (C=O) groups excluding carboxylic acids is 1. The van der Waals surface area contributed by atoms with Gasteiger partial charge in [-0.05, 0) is 33.0 Å². The van der Waals surface area contributed by atoms with E-state index in [-0.39, 0.29) is 1.43 Å². The molecule has 1 aliphatic rings. The molecule has 1 heterocycles. The van der Waals surface area contributed by atoms with Crippen LogP contribution >= 0.6 is 0 Å². The number of ketones is 1. The molecule has 1 unspecified atom stereocenters. The molecule has 1 rings (SSSR count). The number of hydrogen-bond acceptors (Lipinski definition) is 3. The summed E-state index contributed by atoms with van der Waals surface area (Å²) in [4.78, 5) is 13.3. The van der Waals surface area contributed by atoms with Crippen molar-refractivity contribution in [1.82, 2.24) is 10.2 Å². The first-order valence-electron chi connectivity index (χ1n) is 5.66. The summed E-state index contributed by atoms with van der Waals surface area (Å²) in [7, 11) is 2.16. The Kier molecular flexibility index (Phi) is 5.12. The van der Waals surface area contributed by atoms with Gasteiger partial charge in [0.15, 0.2) is 0 Å². The molecule has 1 aliphatic heterocycles. The van der Waals surface area contributed by atoms with Crippen molar-refractivity contribution < 1.29 is 6.22 Å². The number of carbonyl (C=O) groups is 1. The van der Waals surface area contributed by atoms with Crippen LogP contribution in [0.25, 0.3) is 0 Å². The van der Waals surface area contributed by atoms with E-state index < -0.39 is 0 Å². The fourth-order valence-electron chi connectivity index (χ4n) is 1.80. The third kappa shape index (κ3) is 4.20. The van der Waals surface area contributed by atoms with E-state index in [1.807, 2.05) is 0 Å². The highest BCUT2D eigenvalue weighted by Crippen LogP contribution is 2.06. The SMILES string of the molecule is CCCCN(C)CCC1CC(=O)CN1.[HH]. The fourth-order valence-corrected chi connectivity index (χ4v) is 1.80. The zero-order valence-electron chi connectivity index (χ0n) is 9.38. The molecule has 1 saturated heterocycles. The summed E-state index contributed by atoms with van der Waals surface area (Å²) in [6.45, 7) is 5.08. The molecule has 0 saturated carbocycles. The van der Waals surface area contributed by atoms with Gasteiger partial charge < -0.3 is 10.2 Å². The van der Waals surface area contributed by atoms with Gasteiger partial charge in [-0.25, -0.2) is 0 Å². The van der Waals surface area contributed by atoms with Crippen molar-refractivity contribution in [2.75, 3.05) is 26.7 Å². The van der Waals surface area contributed by atoms with Gasteiger partial charge in [-0.3, -0.25) is 4.79 Å². The highest BCUT2D eigenvalue weighted by atomic mass is 16.1. The second-order valence-corrected chi connectivity index (χ2v) is 4.27. The summed E-state index contributed by atoms with van der Waals surface area (Å²) in [5, 5.41) is 3.24. The van der Waals surface area contributed by atoms with E-state index >= 15 is 0 Å². The van der Waals surface area contributed by atoms with Crippen molar-refractivity contribution in [3.63, 3.8) is 0 Å². The molecule has 0 radical (unpaired) electrons. The van der Waals surface area contributed by atoms with Crippen molar-refractivity contribution >= 4 is 5.78 Å². The first kappa shape index (κ1) is 11.7. The average Bonchev–Trinajstić information content (AvgIpc) is 2.58. The van der Waals surface area contributed by atoms with Gasteiger partial charge in [-0.15, -0.1) is 0 Å². The van der Waals surface area contributed by atoms with Crippen molar-refractivity contribution in [1.29, 1.82) is 0 Å². The maximum Gasteiger partial charge on any atom is 0.148 e. The van der Waals surface area contributed by atoms with E-state index in [1.165, 1.54) is 19.4 Å². The van der Waals surface area contributed by atoms with Gasteiger partial charge in [0.25, 0.3) is 0 Å². The minimum atomic E-state index is 0. The number of hydrogen-bond donors (Lipinski definition) is 1. The topological polar surface area (TPSA) is 32.3 Å². The minimum absolute atomic E-state index is 0. The second-order valence-electron chi connectivity index (χ2n) is 4.27. The molecule has 0 amide bonds. The quantitative estimate of drug-likeness (QED) is 0.701. The standard InChI is InChI=1S/C11H22N2O.H2/c1-3-4-6-13(2)7-5-10-8-11(14)9-12-10;/h10,12H,3-9H2,1-2H3;1H. The maximum atomic E-state index is 11.0. The van der Waals surface area contributed by atoms with E-state index in [4.69, 9.17) is 0 Å². The summed E-state index contributed by atoms with van der Waals surface area (Å²) in [6, 6.07) is 0.437. The van der Waals surface area contributed by atoms with Gasteiger partial charge in [-0.1, -0.05) is 13.3 Å². The predicted molar refractivity (Wildman–Crippen MR) is 60.6 cm³/mol. The largest absolute Gasteiger partial charge is 0.307 e. The average molecular weight is 200 g/mol. The Balaban J connectivity index is 0.00000196. The molecular weight excluding hydrogens is 176 g/mol. The van der Waals surface area contributed by atoms with Crippen LogP contribution in [0.5, 0.6) is 0 Å². The maximum absolute atomic E-state index is 11.0. The molecule has 0 aromatic heterocycles. The van der Waals surface area contributed by atoms with Crippen molar-refractivity contribution in [3.8, 4) is 0 Å². The van der Waals surface area contributed by atoms with Gasteiger partial charge in [-0.2, -0.15) is 0 Å². The highest BCUT2D eigenvalue weighted by molar-refractivity contribution is 5.83. The first-order valence-corrected chi connectivity index (χ1v) is 5.66. The van der Waals surface area contributed by atoms with Gasteiger partial charge in [0.05, 0.1) is 6.54 Å². The van der Waals surface area contributed by atoms with Crippen molar-refractivity contribution in [2.45, 2.75) is 38.6 Å². The molecule has 14 heavy (non-hydrogen) atoms. The highest BCUT2D eigenvalue weighted by Gasteiger charge is 2.20. The first-order chi connectivity index (χ1) is 6.72. The monoisotopic (exact) mass is 200 g/mol. The summed E-state index contributed by atoms with van der Waals surface area (Å²) in [5.41, 5.74) is 0. The fraction of sp³-hybridized carbons (Fsp3) is 0.909. The van der Waals surface area contributed by atoms with E-state index in [0.29, 0.717) is 18.4 Å². The second kappa shape index (κ2) is 6.14. The van der Waals surface area contributed by atoms with Crippen LogP contribution in [0.2, 0.25) is 0 Å². The zero-order chi connectivity index (χ0) is 10.4.